The summed E-state index contributed by atoms with van der Waals surface area (Å²) < 4.78 is 20.2. The fourth-order valence-corrected chi connectivity index (χ4v) is 4.99. The van der Waals surface area contributed by atoms with E-state index >= 15 is 0 Å². The second kappa shape index (κ2) is 15.5. The van der Waals surface area contributed by atoms with Gasteiger partial charge >= 0.3 is 24.0 Å². The summed E-state index contributed by atoms with van der Waals surface area (Å²) in [7, 11) is 2.35. The molecular formula is C32H38N2O9. The normalized spacial score (nSPS) is 13.4. The Hall–Kier alpha value is -4.67. The minimum atomic E-state index is -1.27. The van der Waals surface area contributed by atoms with E-state index in [9.17, 15) is 24.0 Å². The first-order chi connectivity index (χ1) is 20.6. The summed E-state index contributed by atoms with van der Waals surface area (Å²) in [6.07, 6.45) is 1.69. The van der Waals surface area contributed by atoms with Crippen LogP contribution in [0.1, 0.15) is 50.7 Å². The number of rotatable bonds is 13. The number of methoxy groups -OCH3 is 2. The smallest absolute Gasteiger partial charge is 0.407 e. The number of nitrogens with one attached hydrogen (secondary N) is 1. The summed E-state index contributed by atoms with van der Waals surface area (Å²) in [6.45, 7) is 4.36. The average Bonchev–Trinajstić information content (AvgIpc) is 3.31. The van der Waals surface area contributed by atoms with Gasteiger partial charge in [0, 0.05) is 18.9 Å². The van der Waals surface area contributed by atoms with Crippen molar-refractivity contribution in [2.45, 2.75) is 51.6 Å². The molecule has 1 N–H and O–H groups in total. The number of benzene rings is 2. The highest BCUT2D eigenvalue weighted by Crippen LogP contribution is 2.44. The molecule has 2 atom stereocenters. The molecular weight excluding hydrogens is 556 g/mol. The molecule has 1 aliphatic carbocycles. The van der Waals surface area contributed by atoms with Crippen LogP contribution in [-0.4, -0.2) is 74.4 Å². The van der Waals surface area contributed by atoms with Gasteiger partial charge in [-0.2, -0.15) is 0 Å². The molecule has 230 valence electrons. The molecule has 0 aliphatic heterocycles. The largest absolute Gasteiger partial charge is 0.467 e. The quantitative estimate of drug-likeness (QED) is 0.158. The van der Waals surface area contributed by atoms with Crippen molar-refractivity contribution in [3.05, 3.63) is 71.8 Å². The number of ether oxygens (including phenoxy) is 4. The van der Waals surface area contributed by atoms with Crippen molar-refractivity contribution in [1.82, 2.24) is 10.2 Å². The first kappa shape index (κ1) is 32.8. The topological polar surface area (TPSA) is 138 Å². The Morgan fingerprint density at radius 1 is 0.907 bits per heavy atom. The highest BCUT2D eigenvalue weighted by Gasteiger charge is 2.36. The Labute approximate surface area is 251 Å². The second-order valence-electron chi connectivity index (χ2n) is 10.4. The summed E-state index contributed by atoms with van der Waals surface area (Å²) in [6, 6.07) is 13.5. The maximum absolute atomic E-state index is 13.9. The van der Waals surface area contributed by atoms with Gasteiger partial charge in [0.15, 0.2) is 6.73 Å². The first-order valence-corrected chi connectivity index (χ1v) is 13.9. The lowest BCUT2D eigenvalue weighted by atomic mass is 9.98. The highest BCUT2D eigenvalue weighted by molar-refractivity contribution is 5.90. The number of alkyl carbamates (subject to hydrolysis) is 1. The van der Waals surface area contributed by atoms with E-state index in [4.69, 9.17) is 14.2 Å². The lowest BCUT2D eigenvalue weighted by Gasteiger charge is -2.32. The Kier molecular flexibility index (Phi) is 11.9. The van der Waals surface area contributed by atoms with Crippen molar-refractivity contribution in [2.24, 2.45) is 5.92 Å². The molecule has 0 radical (unpaired) electrons. The first-order valence-electron chi connectivity index (χ1n) is 13.9. The molecule has 11 nitrogen and oxygen atoms in total. The molecule has 0 saturated carbocycles. The zero-order valence-corrected chi connectivity index (χ0v) is 25.0. The third kappa shape index (κ3) is 8.67. The molecule has 0 spiro atoms. The molecule has 0 unspecified atom stereocenters. The van der Waals surface area contributed by atoms with Gasteiger partial charge in [-0.25, -0.2) is 14.4 Å². The van der Waals surface area contributed by atoms with E-state index < -0.39 is 48.7 Å². The fourth-order valence-electron chi connectivity index (χ4n) is 4.99. The molecule has 0 aromatic heterocycles. The van der Waals surface area contributed by atoms with Crippen molar-refractivity contribution in [2.75, 3.05) is 27.6 Å². The van der Waals surface area contributed by atoms with Crippen molar-refractivity contribution in [3.63, 3.8) is 0 Å². The summed E-state index contributed by atoms with van der Waals surface area (Å²) in [5.41, 5.74) is 4.24. The van der Waals surface area contributed by atoms with Crippen molar-refractivity contribution < 1.29 is 42.9 Å². The molecule has 1 aliphatic rings. The predicted octanol–water partition coefficient (Wildman–Crippen LogP) is 3.95. The van der Waals surface area contributed by atoms with Crippen LogP contribution in [0.5, 0.6) is 0 Å². The lowest BCUT2D eigenvalue weighted by molar-refractivity contribution is -0.164. The van der Waals surface area contributed by atoms with Gasteiger partial charge in [-0.15, -0.1) is 0 Å². The maximum atomic E-state index is 13.9. The lowest BCUT2D eigenvalue weighted by Crippen LogP contribution is -2.55. The third-order valence-electron chi connectivity index (χ3n) is 6.99. The van der Waals surface area contributed by atoms with Gasteiger partial charge in [-0.3, -0.25) is 14.5 Å². The van der Waals surface area contributed by atoms with Gasteiger partial charge in [0.25, 0.3) is 0 Å². The van der Waals surface area contributed by atoms with E-state index in [-0.39, 0.29) is 31.3 Å². The van der Waals surface area contributed by atoms with Crippen molar-refractivity contribution >= 4 is 29.9 Å². The van der Waals surface area contributed by atoms with Crippen LogP contribution < -0.4 is 5.32 Å². The number of hydrogen-bond donors (Lipinski definition) is 1. The van der Waals surface area contributed by atoms with E-state index in [0.717, 1.165) is 47.3 Å². The van der Waals surface area contributed by atoms with Crippen LogP contribution >= 0.6 is 0 Å². The zero-order chi connectivity index (χ0) is 31.5. The van der Waals surface area contributed by atoms with Gasteiger partial charge in [-0.05, 0) is 41.0 Å². The Morgan fingerprint density at radius 2 is 1.51 bits per heavy atom. The zero-order valence-electron chi connectivity index (χ0n) is 25.0. The Morgan fingerprint density at radius 3 is 2.05 bits per heavy atom. The minimum absolute atomic E-state index is 0.0444. The van der Waals surface area contributed by atoms with E-state index in [1.807, 2.05) is 62.4 Å². The van der Waals surface area contributed by atoms with E-state index in [0.29, 0.717) is 0 Å². The molecule has 0 heterocycles. The van der Waals surface area contributed by atoms with Gasteiger partial charge in [0.05, 0.1) is 14.2 Å². The SMILES string of the molecule is COC(=O)/C=C/C[C@@H](C(=O)OC)N(COC(C)=O)C(=O)[C@H](CC(C)C)NC(=O)OCC1c2ccccc2-c2ccccc21. The van der Waals surface area contributed by atoms with Gasteiger partial charge < -0.3 is 24.3 Å². The predicted molar refractivity (Wildman–Crippen MR) is 157 cm³/mol. The fraction of sp³-hybridized carbons (Fsp3) is 0.406. The molecule has 11 heteroatoms. The van der Waals surface area contributed by atoms with Gasteiger partial charge in [0.1, 0.15) is 18.7 Å². The molecule has 2 aromatic rings. The van der Waals surface area contributed by atoms with Gasteiger partial charge in [0.2, 0.25) is 5.91 Å². The number of carbonyl (C=O) groups is 5. The number of esters is 3. The van der Waals surface area contributed by atoms with Crippen LogP contribution in [0.25, 0.3) is 11.1 Å². The minimum Gasteiger partial charge on any atom is -0.467 e. The monoisotopic (exact) mass is 594 g/mol. The number of carbonyl (C=O) groups excluding carboxylic acids is 5. The highest BCUT2D eigenvalue weighted by atomic mass is 16.6. The van der Waals surface area contributed by atoms with Crippen LogP contribution in [0.15, 0.2) is 60.7 Å². The van der Waals surface area contributed by atoms with E-state index in [2.05, 4.69) is 10.1 Å². The second-order valence-corrected chi connectivity index (χ2v) is 10.4. The summed E-state index contributed by atoms with van der Waals surface area (Å²) in [5, 5.41) is 2.65. The van der Waals surface area contributed by atoms with E-state index in [1.165, 1.54) is 13.2 Å². The molecule has 3 rings (SSSR count). The van der Waals surface area contributed by atoms with Crippen LogP contribution in [0.4, 0.5) is 4.79 Å². The molecule has 0 bridgehead atoms. The molecule has 0 saturated heterocycles. The number of fused-ring (bicyclic) bond motifs is 3. The molecule has 2 amide bonds. The number of nitrogens with zero attached hydrogens (tertiary/aromatic N) is 1. The summed E-state index contributed by atoms with van der Waals surface area (Å²) in [5.74, 6) is -3.06. The summed E-state index contributed by atoms with van der Waals surface area (Å²) >= 11 is 0. The van der Waals surface area contributed by atoms with Gasteiger partial charge in [-0.1, -0.05) is 68.5 Å². The van der Waals surface area contributed by atoms with Crippen molar-refractivity contribution in [1.29, 1.82) is 0 Å². The third-order valence-corrected chi connectivity index (χ3v) is 6.99. The Bertz CT molecular complexity index is 1310. The standard InChI is InChI=1S/C32H38N2O9/c1-20(2)17-27(30(37)34(19-43-21(3)35)28(31(38)41-5)15-10-16-29(36)40-4)33-32(39)42-18-26-24-13-8-6-11-22(24)23-12-7-9-14-25(23)26/h6-14,16,20,26-28H,15,17-19H2,1-5H3,(H,33,39)/b16-10+/t27-,28-/m0/s1. The van der Waals surface area contributed by atoms with Crippen LogP contribution in [0.3, 0.4) is 0 Å². The molecule has 2 aromatic carbocycles. The number of hydrogen-bond acceptors (Lipinski definition) is 9. The summed E-state index contributed by atoms with van der Waals surface area (Å²) in [4.78, 5) is 63.9. The Balaban J connectivity index is 1.81. The van der Waals surface area contributed by atoms with Crippen LogP contribution in [0, 0.1) is 5.92 Å². The van der Waals surface area contributed by atoms with Crippen LogP contribution in [-0.2, 0) is 38.1 Å². The maximum Gasteiger partial charge on any atom is 0.407 e. The average molecular weight is 595 g/mol. The number of amides is 2. The van der Waals surface area contributed by atoms with Crippen molar-refractivity contribution in [3.8, 4) is 11.1 Å². The molecule has 0 fully saturated rings. The van der Waals surface area contributed by atoms with Crippen LogP contribution in [0.2, 0.25) is 0 Å². The van der Waals surface area contributed by atoms with E-state index in [1.54, 1.807) is 0 Å². The molecule has 43 heavy (non-hydrogen) atoms.